The number of hydrogen-bond acceptors (Lipinski definition) is 5. The molecule has 1 aliphatic heterocycles. The van der Waals surface area contributed by atoms with E-state index in [1.54, 1.807) is 36.4 Å². The molecule has 0 aromatic heterocycles. The van der Waals surface area contributed by atoms with Crippen molar-refractivity contribution in [1.82, 2.24) is 15.5 Å². The minimum Gasteiger partial charge on any atom is -0.356 e. The molecule has 0 saturated heterocycles. The minimum atomic E-state index is -0.311. The molecule has 0 fully saturated rings. The lowest BCUT2D eigenvalue weighted by atomic mass is 10.1. The Balaban J connectivity index is 1.29. The smallest absolute Gasteiger partial charge is 0.261 e. The van der Waals surface area contributed by atoms with Gasteiger partial charge in [0, 0.05) is 38.2 Å². The van der Waals surface area contributed by atoms with E-state index in [2.05, 4.69) is 10.6 Å². The molecule has 3 rings (SSSR count). The Morgan fingerprint density at radius 3 is 2.06 bits per heavy atom. The van der Waals surface area contributed by atoms with Crippen molar-refractivity contribution in [2.45, 2.75) is 25.8 Å². The first kappa shape index (κ1) is 22.2. The zero-order chi connectivity index (χ0) is 22.2. The van der Waals surface area contributed by atoms with Gasteiger partial charge < -0.3 is 16.4 Å². The van der Waals surface area contributed by atoms with Crippen LogP contribution in [0.1, 0.15) is 55.9 Å². The Kier molecular flexibility index (Phi) is 7.50. The highest BCUT2D eigenvalue weighted by Gasteiger charge is 2.34. The van der Waals surface area contributed by atoms with Crippen LogP contribution in [0.5, 0.6) is 0 Å². The molecule has 0 aliphatic carbocycles. The Morgan fingerprint density at radius 1 is 0.839 bits per heavy atom. The second-order valence-electron chi connectivity index (χ2n) is 7.27. The fourth-order valence-corrected chi connectivity index (χ4v) is 3.34. The van der Waals surface area contributed by atoms with Gasteiger partial charge in [-0.05, 0) is 42.7 Å². The fraction of sp³-hybridized carbons (Fsp3) is 0.304. The summed E-state index contributed by atoms with van der Waals surface area (Å²) in [6, 6.07) is 13.8. The molecular weight excluding hydrogens is 396 g/mol. The molecule has 2 aromatic carbocycles. The predicted octanol–water partition coefficient (Wildman–Crippen LogP) is 1.46. The summed E-state index contributed by atoms with van der Waals surface area (Å²) in [5, 5.41) is 5.59. The van der Waals surface area contributed by atoms with Gasteiger partial charge in [0.15, 0.2) is 0 Å². The van der Waals surface area contributed by atoms with Crippen molar-refractivity contribution in [1.29, 1.82) is 0 Å². The zero-order valence-corrected chi connectivity index (χ0v) is 17.2. The molecule has 0 spiro atoms. The lowest BCUT2D eigenvalue weighted by Gasteiger charge is -2.13. The average molecular weight is 422 g/mol. The Bertz CT molecular complexity index is 937. The number of carbonyl (C=O) groups is 4. The van der Waals surface area contributed by atoms with Crippen molar-refractivity contribution in [3.05, 3.63) is 70.8 Å². The normalized spacial score (nSPS) is 12.6. The zero-order valence-electron chi connectivity index (χ0n) is 17.2. The number of nitrogens with one attached hydrogen (secondary N) is 2. The van der Waals surface area contributed by atoms with Gasteiger partial charge in [-0.1, -0.05) is 24.3 Å². The number of imide groups is 1. The Morgan fingerprint density at radius 2 is 1.45 bits per heavy atom. The number of amides is 4. The molecule has 0 saturated carbocycles. The second kappa shape index (κ2) is 10.5. The molecule has 8 heteroatoms. The van der Waals surface area contributed by atoms with Gasteiger partial charge in [0.05, 0.1) is 11.1 Å². The number of benzene rings is 2. The van der Waals surface area contributed by atoms with Crippen LogP contribution >= 0.6 is 0 Å². The third kappa shape index (κ3) is 5.55. The largest absolute Gasteiger partial charge is 0.356 e. The SMILES string of the molecule is NCc1ccc(C(=O)NCCCNC(=O)CCCN2C(=O)c3ccccc3C2=O)cc1. The molecule has 0 atom stereocenters. The molecule has 4 N–H and O–H groups in total. The van der Waals surface area contributed by atoms with Gasteiger partial charge in [0.1, 0.15) is 0 Å². The molecule has 162 valence electrons. The summed E-state index contributed by atoms with van der Waals surface area (Å²) in [7, 11) is 0. The van der Waals surface area contributed by atoms with Gasteiger partial charge in [-0.25, -0.2) is 0 Å². The first-order valence-electron chi connectivity index (χ1n) is 10.3. The van der Waals surface area contributed by atoms with Gasteiger partial charge in [0.25, 0.3) is 17.7 Å². The van der Waals surface area contributed by atoms with Crippen LogP contribution in [-0.2, 0) is 11.3 Å². The minimum absolute atomic E-state index is 0.152. The summed E-state index contributed by atoms with van der Waals surface area (Å²) in [4.78, 5) is 49.8. The van der Waals surface area contributed by atoms with E-state index in [-0.39, 0.29) is 36.6 Å². The summed E-state index contributed by atoms with van der Waals surface area (Å²) < 4.78 is 0. The van der Waals surface area contributed by atoms with Crippen LogP contribution in [0.4, 0.5) is 0 Å². The third-order valence-corrected chi connectivity index (χ3v) is 5.08. The quantitative estimate of drug-likeness (QED) is 0.395. The summed E-state index contributed by atoms with van der Waals surface area (Å²) in [5.74, 6) is -0.944. The maximum Gasteiger partial charge on any atom is 0.261 e. The predicted molar refractivity (Wildman–Crippen MR) is 115 cm³/mol. The first-order valence-corrected chi connectivity index (χ1v) is 10.3. The maximum absolute atomic E-state index is 12.3. The van der Waals surface area contributed by atoms with Crippen LogP contribution in [-0.4, -0.2) is 48.2 Å². The highest BCUT2D eigenvalue weighted by atomic mass is 16.2. The van der Waals surface area contributed by atoms with E-state index < -0.39 is 0 Å². The van der Waals surface area contributed by atoms with E-state index in [1.807, 2.05) is 12.1 Å². The maximum atomic E-state index is 12.3. The monoisotopic (exact) mass is 422 g/mol. The van der Waals surface area contributed by atoms with Crippen LogP contribution < -0.4 is 16.4 Å². The van der Waals surface area contributed by atoms with E-state index in [1.165, 1.54) is 4.90 Å². The number of carbonyl (C=O) groups excluding carboxylic acids is 4. The lowest BCUT2D eigenvalue weighted by Crippen LogP contribution is -2.32. The van der Waals surface area contributed by atoms with E-state index in [0.717, 1.165) is 5.56 Å². The van der Waals surface area contributed by atoms with Gasteiger partial charge in [0.2, 0.25) is 5.91 Å². The summed E-state index contributed by atoms with van der Waals surface area (Å²) >= 11 is 0. The standard InChI is InChI=1S/C23H26N4O4/c24-15-16-8-10-17(11-9-16)21(29)26-13-4-12-25-20(28)7-3-14-27-22(30)18-5-1-2-6-19(18)23(27)31/h1-2,5-6,8-11H,3-4,7,12-15,24H2,(H,25,28)(H,26,29). The molecule has 2 aromatic rings. The molecule has 31 heavy (non-hydrogen) atoms. The number of hydrogen-bond donors (Lipinski definition) is 3. The van der Waals surface area contributed by atoms with Gasteiger partial charge >= 0.3 is 0 Å². The van der Waals surface area contributed by atoms with Crippen LogP contribution in [0, 0.1) is 0 Å². The molecule has 4 amide bonds. The van der Waals surface area contributed by atoms with Crippen molar-refractivity contribution in [3.8, 4) is 0 Å². The average Bonchev–Trinajstić information content (AvgIpc) is 3.04. The van der Waals surface area contributed by atoms with Gasteiger partial charge in [-0.3, -0.25) is 24.1 Å². The molecule has 8 nitrogen and oxygen atoms in total. The van der Waals surface area contributed by atoms with Crippen molar-refractivity contribution >= 4 is 23.6 Å². The molecule has 0 radical (unpaired) electrons. The molecule has 1 heterocycles. The molecule has 0 unspecified atom stereocenters. The fourth-order valence-electron chi connectivity index (χ4n) is 3.34. The van der Waals surface area contributed by atoms with E-state index in [0.29, 0.717) is 49.2 Å². The van der Waals surface area contributed by atoms with Gasteiger partial charge in [-0.15, -0.1) is 0 Å². The third-order valence-electron chi connectivity index (χ3n) is 5.08. The van der Waals surface area contributed by atoms with Crippen LogP contribution in [0.15, 0.2) is 48.5 Å². The van der Waals surface area contributed by atoms with E-state index in [4.69, 9.17) is 5.73 Å². The Labute approximate surface area is 180 Å². The van der Waals surface area contributed by atoms with Crippen LogP contribution in [0.25, 0.3) is 0 Å². The Hall–Kier alpha value is -3.52. The molecular formula is C23H26N4O4. The number of rotatable bonds is 10. The van der Waals surface area contributed by atoms with Crippen molar-refractivity contribution in [3.63, 3.8) is 0 Å². The van der Waals surface area contributed by atoms with Crippen LogP contribution in [0.2, 0.25) is 0 Å². The number of fused-ring (bicyclic) bond motifs is 1. The second-order valence-corrected chi connectivity index (χ2v) is 7.27. The van der Waals surface area contributed by atoms with Gasteiger partial charge in [-0.2, -0.15) is 0 Å². The topological polar surface area (TPSA) is 122 Å². The van der Waals surface area contributed by atoms with Crippen molar-refractivity contribution in [2.24, 2.45) is 5.73 Å². The van der Waals surface area contributed by atoms with E-state index >= 15 is 0 Å². The number of nitrogens with zero attached hydrogens (tertiary/aromatic N) is 1. The van der Waals surface area contributed by atoms with Crippen LogP contribution in [0.3, 0.4) is 0 Å². The molecule has 0 bridgehead atoms. The highest BCUT2D eigenvalue weighted by Crippen LogP contribution is 2.22. The van der Waals surface area contributed by atoms with Crippen molar-refractivity contribution < 1.29 is 19.2 Å². The summed E-state index contributed by atoms with van der Waals surface area (Å²) in [6.45, 7) is 1.50. The van der Waals surface area contributed by atoms with Crippen molar-refractivity contribution in [2.75, 3.05) is 19.6 Å². The first-order chi connectivity index (χ1) is 15.0. The lowest BCUT2D eigenvalue weighted by molar-refractivity contribution is -0.121. The van der Waals surface area contributed by atoms with E-state index in [9.17, 15) is 19.2 Å². The number of nitrogens with two attached hydrogens (primary N) is 1. The molecule has 1 aliphatic rings. The summed E-state index contributed by atoms with van der Waals surface area (Å²) in [5.41, 5.74) is 7.89. The highest BCUT2D eigenvalue weighted by molar-refractivity contribution is 6.21. The summed E-state index contributed by atoms with van der Waals surface area (Å²) in [6.07, 6.45) is 1.21.